The molecule has 0 saturated heterocycles. The molecule has 1 aromatic heterocycles. The highest BCUT2D eigenvalue weighted by molar-refractivity contribution is 6.30. The Kier molecular flexibility index (Phi) is 3.80. The zero-order chi connectivity index (χ0) is 13.1. The van der Waals surface area contributed by atoms with Crippen LogP contribution in [0.15, 0.2) is 30.6 Å². The SMILES string of the molecule is Clc1ccc2c(c1)CC(NCCCn1ccnn1)C2. The van der Waals surface area contributed by atoms with Crippen LogP contribution in [-0.2, 0) is 19.4 Å². The van der Waals surface area contributed by atoms with Crippen LogP contribution in [0.4, 0.5) is 0 Å². The fraction of sp³-hybridized carbons (Fsp3) is 0.429. The van der Waals surface area contributed by atoms with Crippen molar-refractivity contribution in [3.63, 3.8) is 0 Å². The Bertz CT molecular complexity index is 538. The predicted octanol–water partition coefficient (Wildman–Crippen LogP) is 2.08. The molecule has 5 heteroatoms. The van der Waals surface area contributed by atoms with Gasteiger partial charge in [0.15, 0.2) is 0 Å². The van der Waals surface area contributed by atoms with E-state index in [1.165, 1.54) is 11.1 Å². The molecule has 1 N–H and O–H groups in total. The van der Waals surface area contributed by atoms with Gasteiger partial charge in [0.1, 0.15) is 0 Å². The van der Waals surface area contributed by atoms with Gasteiger partial charge in [-0.2, -0.15) is 0 Å². The average Bonchev–Trinajstić information content (AvgIpc) is 3.02. The van der Waals surface area contributed by atoms with E-state index in [1.54, 1.807) is 6.20 Å². The van der Waals surface area contributed by atoms with Crippen molar-refractivity contribution in [2.45, 2.75) is 31.8 Å². The van der Waals surface area contributed by atoms with Gasteiger partial charge >= 0.3 is 0 Å². The number of hydrogen-bond donors (Lipinski definition) is 1. The van der Waals surface area contributed by atoms with Crippen molar-refractivity contribution in [1.29, 1.82) is 0 Å². The largest absolute Gasteiger partial charge is 0.313 e. The quantitative estimate of drug-likeness (QED) is 0.851. The second kappa shape index (κ2) is 5.72. The lowest BCUT2D eigenvalue weighted by atomic mass is 10.1. The van der Waals surface area contributed by atoms with Gasteiger partial charge in [0.05, 0.1) is 6.20 Å². The third kappa shape index (κ3) is 3.14. The fourth-order valence-electron chi connectivity index (χ4n) is 2.63. The van der Waals surface area contributed by atoms with Crippen molar-refractivity contribution in [2.75, 3.05) is 6.54 Å². The number of nitrogens with zero attached hydrogens (tertiary/aromatic N) is 3. The van der Waals surface area contributed by atoms with Gasteiger partial charge in [0.2, 0.25) is 0 Å². The van der Waals surface area contributed by atoms with Crippen molar-refractivity contribution in [1.82, 2.24) is 20.3 Å². The molecule has 0 spiro atoms. The summed E-state index contributed by atoms with van der Waals surface area (Å²) in [5, 5.41) is 12.2. The van der Waals surface area contributed by atoms with Gasteiger partial charge < -0.3 is 5.32 Å². The molecular weight excluding hydrogens is 260 g/mol. The molecule has 1 aromatic carbocycles. The van der Waals surface area contributed by atoms with E-state index in [0.717, 1.165) is 37.4 Å². The number of nitrogens with one attached hydrogen (secondary N) is 1. The van der Waals surface area contributed by atoms with Crippen molar-refractivity contribution < 1.29 is 0 Å². The molecule has 0 radical (unpaired) electrons. The zero-order valence-electron chi connectivity index (χ0n) is 10.7. The van der Waals surface area contributed by atoms with Gasteiger partial charge in [0.25, 0.3) is 0 Å². The van der Waals surface area contributed by atoms with Crippen molar-refractivity contribution in [2.24, 2.45) is 0 Å². The van der Waals surface area contributed by atoms with Gasteiger partial charge in [-0.25, -0.2) is 0 Å². The van der Waals surface area contributed by atoms with Crippen molar-refractivity contribution in [3.8, 4) is 0 Å². The van der Waals surface area contributed by atoms with E-state index in [9.17, 15) is 0 Å². The highest BCUT2D eigenvalue weighted by atomic mass is 35.5. The van der Waals surface area contributed by atoms with Crippen LogP contribution in [0.5, 0.6) is 0 Å². The van der Waals surface area contributed by atoms with Crippen LogP contribution in [0.2, 0.25) is 5.02 Å². The average molecular weight is 277 g/mol. The summed E-state index contributed by atoms with van der Waals surface area (Å²) >= 11 is 6.02. The second-order valence-corrected chi connectivity index (χ2v) is 5.43. The number of aromatic nitrogens is 3. The maximum Gasteiger partial charge on any atom is 0.0692 e. The van der Waals surface area contributed by atoms with E-state index >= 15 is 0 Å². The number of aryl methyl sites for hydroxylation is 1. The molecule has 3 rings (SSSR count). The maximum atomic E-state index is 6.02. The van der Waals surface area contributed by atoms with Gasteiger partial charge in [-0.3, -0.25) is 4.68 Å². The summed E-state index contributed by atoms with van der Waals surface area (Å²) < 4.78 is 1.87. The Morgan fingerprint density at radius 1 is 1.32 bits per heavy atom. The lowest BCUT2D eigenvalue weighted by Gasteiger charge is -2.11. The molecule has 0 aliphatic heterocycles. The van der Waals surface area contributed by atoms with Crippen LogP contribution >= 0.6 is 11.6 Å². The topological polar surface area (TPSA) is 42.7 Å². The summed E-state index contributed by atoms with van der Waals surface area (Å²) in [6.07, 6.45) is 6.87. The molecule has 19 heavy (non-hydrogen) atoms. The highest BCUT2D eigenvalue weighted by Gasteiger charge is 2.20. The van der Waals surface area contributed by atoms with Crippen molar-refractivity contribution >= 4 is 11.6 Å². The Hall–Kier alpha value is -1.39. The molecule has 0 fully saturated rings. The Labute approximate surface area is 117 Å². The molecule has 0 amide bonds. The molecule has 1 unspecified atom stereocenters. The number of fused-ring (bicyclic) bond motifs is 1. The fourth-order valence-corrected chi connectivity index (χ4v) is 2.82. The Morgan fingerprint density at radius 2 is 2.21 bits per heavy atom. The van der Waals surface area contributed by atoms with Gasteiger partial charge in [-0.15, -0.1) is 5.10 Å². The summed E-state index contributed by atoms with van der Waals surface area (Å²) in [7, 11) is 0. The first-order valence-electron chi connectivity index (χ1n) is 6.66. The molecule has 0 bridgehead atoms. The molecule has 1 aliphatic rings. The standard InChI is InChI=1S/C14H17ClN4/c15-13-3-2-11-9-14(10-12(11)8-13)16-4-1-6-19-7-5-17-18-19/h2-3,5,7-8,14,16H,1,4,6,9-10H2. The summed E-state index contributed by atoms with van der Waals surface area (Å²) in [5.74, 6) is 0. The summed E-state index contributed by atoms with van der Waals surface area (Å²) in [6.45, 7) is 1.92. The normalized spacial score (nSPS) is 17.6. The van der Waals surface area contributed by atoms with Crippen LogP contribution in [-0.4, -0.2) is 27.6 Å². The van der Waals surface area contributed by atoms with Crippen LogP contribution in [0.25, 0.3) is 0 Å². The van der Waals surface area contributed by atoms with Crippen LogP contribution in [0.1, 0.15) is 17.5 Å². The zero-order valence-corrected chi connectivity index (χ0v) is 11.5. The first-order chi connectivity index (χ1) is 9.31. The molecule has 0 saturated carbocycles. The smallest absolute Gasteiger partial charge is 0.0692 e. The van der Waals surface area contributed by atoms with E-state index in [2.05, 4.69) is 27.8 Å². The van der Waals surface area contributed by atoms with Crippen molar-refractivity contribution in [3.05, 3.63) is 46.7 Å². The van der Waals surface area contributed by atoms with E-state index in [1.807, 2.05) is 16.9 Å². The molecular formula is C14H17ClN4. The van der Waals surface area contributed by atoms with Crippen LogP contribution < -0.4 is 5.32 Å². The van der Waals surface area contributed by atoms with Gasteiger partial charge in [-0.1, -0.05) is 22.9 Å². The lowest BCUT2D eigenvalue weighted by molar-refractivity contribution is 0.482. The summed E-state index contributed by atoms with van der Waals surface area (Å²) in [5.41, 5.74) is 2.82. The number of hydrogen-bond acceptors (Lipinski definition) is 3. The number of halogens is 1. The minimum atomic E-state index is 0.546. The second-order valence-electron chi connectivity index (χ2n) is 4.99. The first kappa shape index (κ1) is 12.6. The molecule has 1 aliphatic carbocycles. The van der Waals surface area contributed by atoms with E-state index in [-0.39, 0.29) is 0 Å². The Morgan fingerprint density at radius 3 is 3.05 bits per heavy atom. The van der Waals surface area contributed by atoms with E-state index in [0.29, 0.717) is 6.04 Å². The lowest BCUT2D eigenvalue weighted by Crippen LogP contribution is -2.30. The van der Waals surface area contributed by atoms with E-state index < -0.39 is 0 Å². The molecule has 2 aromatic rings. The third-order valence-electron chi connectivity index (χ3n) is 3.57. The van der Waals surface area contributed by atoms with Crippen LogP contribution in [0.3, 0.4) is 0 Å². The predicted molar refractivity (Wildman–Crippen MR) is 75.3 cm³/mol. The van der Waals surface area contributed by atoms with Gasteiger partial charge in [0, 0.05) is 23.8 Å². The Balaban J connectivity index is 1.43. The van der Waals surface area contributed by atoms with E-state index in [4.69, 9.17) is 11.6 Å². The summed E-state index contributed by atoms with van der Waals surface area (Å²) in [4.78, 5) is 0. The highest BCUT2D eigenvalue weighted by Crippen LogP contribution is 2.25. The van der Waals surface area contributed by atoms with Gasteiger partial charge in [-0.05, 0) is 49.1 Å². The molecule has 1 heterocycles. The minimum Gasteiger partial charge on any atom is -0.313 e. The first-order valence-corrected chi connectivity index (χ1v) is 7.04. The molecule has 4 nitrogen and oxygen atoms in total. The van der Waals surface area contributed by atoms with Crippen LogP contribution in [0, 0.1) is 0 Å². The molecule has 1 atom stereocenters. The maximum absolute atomic E-state index is 6.02. The minimum absolute atomic E-state index is 0.546. The third-order valence-corrected chi connectivity index (χ3v) is 3.80. The summed E-state index contributed by atoms with van der Waals surface area (Å²) in [6, 6.07) is 6.76. The monoisotopic (exact) mass is 276 g/mol. The molecule has 100 valence electrons. The number of rotatable bonds is 5. The number of benzene rings is 1.